The maximum Gasteiger partial charge on any atom is 0.305 e. The smallest absolute Gasteiger partial charge is 0.305 e. The van der Waals surface area contributed by atoms with Crippen molar-refractivity contribution in [1.82, 2.24) is 0 Å². The first-order valence-electron chi connectivity index (χ1n) is 10.3. The van der Waals surface area contributed by atoms with Crippen molar-refractivity contribution in [2.24, 2.45) is 5.92 Å². The maximum absolute atomic E-state index is 11.1. The zero-order valence-corrected chi connectivity index (χ0v) is 16.2. The molecule has 0 unspecified atom stereocenters. The number of carbonyl (C=O) groups excluding carboxylic acids is 1. The number of esters is 1. The summed E-state index contributed by atoms with van der Waals surface area (Å²) in [7, 11) is 1.47. The SMILES string of the molecule is CCCCCCCCCCCCCCCC[C@H](C)CC(=O)OC. The van der Waals surface area contributed by atoms with Crippen LogP contribution in [0.25, 0.3) is 0 Å². The first-order valence-corrected chi connectivity index (χ1v) is 10.3. The highest BCUT2D eigenvalue weighted by molar-refractivity contribution is 5.69. The fraction of sp³-hybridized carbons (Fsp3) is 0.952. The molecule has 0 rings (SSSR count). The van der Waals surface area contributed by atoms with Gasteiger partial charge in [-0.15, -0.1) is 0 Å². The molecule has 0 aromatic heterocycles. The van der Waals surface area contributed by atoms with E-state index >= 15 is 0 Å². The predicted octanol–water partition coefficient (Wildman–Crippen LogP) is 7.06. The Morgan fingerprint density at radius 3 is 1.52 bits per heavy atom. The summed E-state index contributed by atoms with van der Waals surface area (Å²) in [6.07, 6.45) is 21.3. The zero-order valence-electron chi connectivity index (χ0n) is 16.2. The molecule has 0 aliphatic heterocycles. The standard InChI is InChI=1S/C21H42O2/c1-4-5-6-7-8-9-10-11-12-13-14-15-16-17-18-20(2)19-21(22)23-3/h20H,4-19H2,1-3H3/t20-/m0/s1. The third-order valence-electron chi connectivity index (χ3n) is 4.79. The Hall–Kier alpha value is -0.530. The molecular weight excluding hydrogens is 284 g/mol. The number of rotatable bonds is 17. The van der Waals surface area contributed by atoms with E-state index < -0.39 is 0 Å². The second-order valence-electron chi connectivity index (χ2n) is 7.27. The molecule has 0 heterocycles. The first kappa shape index (κ1) is 22.5. The Morgan fingerprint density at radius 2 is 1.13 bits per heavy atom. The molecule has 0 aliphatic rings. The number of hydrogen-bond donors (Lipinski definition) is 0. The van der Waals surface area contributed by atoms with Crippen LogP contribution in [0.1, 0.15) is 117 Å². The van der Waals surface area contributed by atoms with Gasteiger partial charge >= 0.3 is 5.97 Å². The second-order valence-corrected chi connectivity index (χ2v) is 7.27. The third kappa shape index (κ3) is 17.7. The maximum atomic E-state index is 11.1. The van der Waals surface area contributed by atoms with Crippen LogP contribution in [0.15, 0.2) is 0 Å². The van der Waals surface area contributed by atoms with Crippen LogP contribution in [-0.2, 0) is 9.53 Å². The summed E-state index contributed by atoms with van der Waals surface area (Å²) in [6.45, 7) is 4.43. The lowest BCUT2D eigenvalue weighted by Gasteiger charge is -2.09. The minimum absolute atomic E-state index is 0.0668. The first-order chi connectivity index (χ1) is 11.2. The van der Waals surface area contributed by atoms with Gasteiger partial charge in [0.05, 0.1) is 7.11 Å². The van der Waals surface area contributed by atoms with E-state index in [9.17, 15) is 4.79 Å². The van der Waals surface area contributed by atoms with Crippen molar-refractivity contribution in [2.75, 3.05) is 7.11 Å². The molecule has 0 N–H and O–H groups in total. The summed E-state index contributed by atoms with van der Waals surface area (Å²) in [4.78, 5) is 11.1. The van der Waals surface area contributed by atoms with Gasteiger partial charge in [-0.05, 0) is 5.92 Å². The van der Waals surface area contributed by atoms with Gasteiger partial charge in [-0.3, -0.25) is 4.79 Å². The molecule has 0 amide bonds. The molecule has 0 saturated heterocycles. The molecule has 0 saturated carbocycles. The van der Waals surface area contributed by atoms with Crippen LogP contribution in [0, 0.1) is 5.92 Å². The Kier molecular flexibility index (Phi) is 17.4. The van der Waals surface area contributed by atoms with Crippen LogP contribution in [-0.4, -0.2) is 13.1 Å². The van der Waals surface area contributed by atoms with E-state index in [1.807, 2.05) is 0 Å². The fourth-order valence-corrected chi connectivity index (χ4v) is 3.16. The van der Waals surface area contributed by atoms with Crippen molar-refractivity contribution >= 4 is 5.97 Å². The Labute approximate surface area is 145 Å². The molecule has 23 heavy (non-hydrogen) atoms. The van der Waals surface area contributed by atoms with Crippen molar-refractivity contribution in [3.05, 3.63) is 0 Å². The molecule has 0 fully saturated rings. The summed E-state index contributed by atoms with van der Waals surface area (Å²) in [6, 6.07) is 0. The van der Waals surface area contributed by atoms with Gasteiger partial charge in [0.1, 0.15) is 0 Å². The van der Waals surface area contributed by atoms with E-state index in [2.05, 4.69) is 13.8 Å². The van der Waals surface area contributed by atoms with Crippen molar-refractivity contribution in [1.29, 1.82) is 0 Å². The van der Waals surface area contributed by atoms with E-state index in [4.69, 9.17) is 4.74 Å². The second kappa shape index (κ2) is 17.8. The summed E-state index contributed by atoms with van der Waals surface area (Å²) in [5.41, 5.74) is 0. The van der Waals surface area contributed by atoms with Crippen LogP contribution in [0.5, 0.6) is 0 Å². The molecule has 0 bridgehead atoms. The van der Waals surface area contributed by atoms with E-state index in [0.29, 0.717) is 12.3 Å². The number of hydrogen-bond acceptors (Lipinski definition) is 2. The van der Waals surface area contributed by atoms with Gasteiger partial charge in [0, 0.05) is 6.42 Å². The topological polar surface area (TPSA) is 26.3 Å². The number of methoxy groups -OCH3 is 1. The molecule has 138 valence electrons. The lowest BCUT2D eigenvalue weighted by atomic mass is 9.99. The zero-order chi connectivity index (χ0) is 17.2. The quantitative estimate of drug-likeness (QED) is 0.211. The minimum Gasteiger partial charge on any atom is -0.469 e. The van der Waals surface area contributed by atoms with Gasteiger partial charge < -0.3 is 4.74 Å². The largest absolute Gasteiger partial charge is 0.469 e. The van der Waals surface area contributed by atoms with Crippen LogP contribution >= 0.6 is 0 Å². The predicted molar refractivity (Wildman–Crippen MR) is 101 cm³/mol. The molecule has 0 aromatic rings. The fourth-order valence-electron chi connectivity index (χ4n) is 3.16. The van der Waals surface area contributed by atoms with E-state index in [1.165, 1.54) is 97.0 Å². The lowest BCUT2D eigenvalue weighted by molar-refractivity contribution is -0.141. The summed E-state index contributed by atoms with van der Waals surface area (Å²) in [5.74, 6) is 0.405. The van der Waals surface area contributed by atoms with Crippen LogP contribution in [0.4, 0.5) is 0 Å². The molecule has 2 nitrogen and oxygen atoms in total. The Balaban J connectivity index is 3.12. The van der Waals surface area contributed by atoms with Crippen LogP contribution in [0.3, 0.4) is 0 Å². The van der Waals surface area contributed by atoms with Crippen molar-refractivity contribution < 1.29 is 9.53 Å². The number of carbonyl (C=O) groups is 1. The molecule has 0 aliphatic carbocycles. The summed E-state index contributed by atoms with van der Waals surface area (Å²) in [5, 5.41) is 0. The molecule has 1 atom stereocenters. The summed E-state index contributed by atoms with van der Waals surface area (Å²) < 4.78 is 4.71. The molecule has 0 radical (unpaired) electrons. The molecule has 2 heteroatoms. The minimum atomic E-state index is -0.0668. The lowest BCUT2D eigenvalue weighted by Crippen LogP contribution is -2.06. The highest BCUT2D eigenvalue weighted by atomic mass is 16.5. The van der Waals surface area contributed by atoms with E-state index in [1.54, 1.807) is 0 Å². The highest BCUT2D eigenvalue weighted by Crippen LogP contribution is 2.16. The van der Waals surface area contributed by atoms with Gasteiger partial charge in [-0.2, -0.15) is 0 Å². The summed E-state index contributed by atoms with van der Waals surface area (Å²) >= 11 is 0. The van der Waals surface area contributed by atoms with E-state index in [0.717, 1.165) is 6.42 Å². The molecule has 0 spiro atoms. The molecule has 0 aromatic carbocycles. The van der Waals surface area contributed by atoms with Crippen LogP contribution in [0.2, 0.25) is 0 Å². The van der Waals surface area contributed by atoms with Crippen molar-refractivity contribution in [3.8, 4) is 0 Å². The Morgan fingerprint density at radius 1 is 0.739 bits per heavy atom. The normalized spacial score (nSPS) is 12.3. The third-order valence-corrected chi connectivity index (χ3v) is 4.79. The van der Waals surface area contributed by atoms with Crippen molar-refractivity contribution in [3.63, 3.8) is 0 Å². The monoisotopic (exact) mass is 326 g/mol. The average Bonchev–Trinajstić information content (AvgIpc) is 2.55. The van der Waals surface area contributed by atoms with Gasteiger partial charge in [-0.1, -0.05) is 110 Å². The number of unbranched alkanes of at least 4 members (excludes halogenated alkanes) is 13. The van der Waals surface area contributed by atoms with Gasteiger partial charge in [0.2, 0.25) is 0 Å². The van der Waals surface area contributed by atoms with Gasteiger partial charge in [0.15, 0.2) is 0 Å². The van der Waals surface area contributed by atoms with Crippen LogP contribution < -0.4 is 0 Å². The molecular formula is C21H42O2. The van der Waals surface area contributed by atoms with Gasteiger partial charge in [0.25, 0.3) is 0 Å². The Bertz CT molecular complexity index is 250. The van der Waals surface area contributed by atoms with Crippen molar-refractivity contribution in [2.45, 2.75) is 117 Å². The average molecular weight is 327 g/mol. The van der Waals surface area contributed by atoms with Gasteiger partial charge in [-0.25, -0.2) is 0 Å². The van der Waals surface area contributed by atoms with E-state index in [-0.39, 0.29) is 5.97 Å². The highest BCUT2D eigenvalue weighted by Gasteiger charge is 2.08. The number of ether oxygens (including phenoxy) is 1.